The first-order chi connectivity index (χ1) is 22.8. The maximum Gasteiger partial charge on any atom is 0.0992 e. The van der Waals surface area contributed by atoms with Crippen LogP contribution < -0.4 is 0 Å². The molecule has 2 heterocycles. The van der Waals surface area contributed by atoms with Gasteiger partial charge < -0.3 is 9.13 Å². The van der Waals surface area contributed by atoms with E-state index in [1.54, 1.807) is 0 Å². The highest BCUT2D eigenvalue weighted by atomic mass is 15.0. The molecule has 2 aromatic heterocycles. The number of aromatic nitrogens is 2. The van der Waals surface area contributed by atoms with Gasteiger partial charge in [-0.05, 0) is 89.0 Å². The molecule has 0 amide bonds. The van der Waals surface area contributed by atoms with Crippen LogP contribution in [0.3, 0.4) is 0 Å². The molecule has 0 radical (unpaired) electrons. The minimum absolute atomic E-state index is 0.644. The maximum atomic E-state index is 9.96. The Labute approximate surface area is 266 Å². The Morgan fingerprint density at radius 1 is 0.348 bits per heavy atom. The summed E-state index contributed by atoms with van der Waals surface area (Å²) in [6.07, 6.45) is 0. The van der Waals surface area contributed by atoms with Gasteiger partial charge in [-0.1, -0.05) is 97.1 Å². The predicted molar refractivity (Wildman–Crippen MR) is 191 cm³/mol. The van der Waals surface area contributed by atoms with E-state index in [-0.39, 0.29) is 0 Å². The summed E-state index contributed by atoms with van der Waals surface area (Å²) < 4.78 is 4.65. The molecule has 0 fully saturated rings. The molecular weight excluding hydrogens is 558 g/mol. The van der Waals surface area contributed by atoms with Crippen molar-refractivity contribution in [3.8, 4) is 39.7 Å². The molecule has 0 unspecified atom stereocenters. The number of benzene rings is 7. The first-order valence-corrected chi connectivity index (χ1v) is 15.5. The van der Waals surface area contributed by atoms with Crippen LogP contribution in [0.15, 0.2) is 164 Å². The number of hydrogen-bond donors (Lipinski definition) is 0. The summed E-state index contributed by atoms with van der Waals surface area (Å²) >= 11 is 0. The van der Waals surface area contributed by atoms with Gasteiger partial charge in [0.2, 0.25) is 0 Å². The highest BCUT2D eigenvalue weighted by Crippen LogP contribution is 2.35. The van der Waals surface area contributed by atoms with Crippen LogP contribution in [0.2, 0.25) is 0 Å². The fourth-order valence-electron chi connectivity index (χ4n) is 7.03. The lowest BCUT2D eigenvalue weighted by atomic mass is 9.96. The molecule has 0 spiro atoms. The summed E-state index contributed by atoms with van der Waals surface area (Å²) in [5, 5.41) is 15.0. The van der Waals surface area contributed by atoms with Gasteiger partial charge in [0.25, 0.3) is 0 Å². The Balaban J connectivity index is 1.10. The fraction of sp³-hybridized carbons (Fsp3) is 0. The summed E-state index contributed by atoms with van der Waals surface area (Å²) in [6.45, 7) is 0. The Bertz CT molecular complexity index is 2350. The molecule has 0 N–H and O–H groups in total. The highest BCUT2D eigenvalue weighted by molar-refractivity contribution is 6.10. The summed E-state index contributed by atoms with van der Waals surface area (Å²) in [6, 6.07) is 60.1. The van der Waals surface area contributed by atoms with E-state index in [2.05, 4.69) is 167 Å². The molecule has 0 aliphatic rings. The fourth-order valence-corrected chi connectivity index (χ4v) is 7.03. The molecular formula is C43H27N3. The third-order valence-corrected chi connectivity index (χ3v) is 9.14. The van der Waals surface area contributed by atoms with Crippen LogP contribution in [0.25, 0.3) is 77.2 Å². The minimum Gasteiger partial charge on any atom is -0.309 e. The Morgan fingerprint density at radius 2 is 0.674 bits per heavy atom. The van der Waals surface area contributed by atoms with Gasteiger partial charge in [-0.2, -0.15) is 5.26 Å². The van der Waals surface area contributed by atoms with Crippen molar-refractivity contribution in [1.29, 1.82) is 5.26 Å². The SMILES string of the molecule is N#Cc1cc(-c2ccc(-n3c4ccccc4c4ccccc43)cc2)cc(-c2ccc(-n3c4ccccc4c4ccccc43)cc2)c1. The van der Waals surface area contributed by atoms with Gasteiger partial charge in [-0.25, -0.2) is 0 Å². The third kappa shape index (κ3) is 4.05. The van der Waals surface area contributed by atoms with E-state index in [1.165, 1.54) is 43.6 Å². The molecule has 9 aromatic rings. The molecule has 9 rings (SSSR count). The van der Waals surface area contributed by atoms with Gasteiger partial charge in [-0.15, -0.1) is 0 Å². The Morgan fingerprint density at radius 3 is 1.00 bits per heavy atom. The zero-order valence-corrected chi connectivity index (χ0v) is 24.9. The molecule has 3 heteroatoms. The van der Waals surface area contributed by atoms with Crippen molar-refractivity contribution in [2.24, 2.45) is 0 Å². The van der Waals surface area contributed by atoms with E-state index in [0.29, 0.717) is 5.56 Å². The second kappa shape index (κ2) is 10.4. The quantitative estimate of drug-likeness (QED) is 0.202. The lowest BCUT2D eigenvalue weighted by Crippen LogP contribution is -1.94. The predicted octanol–water partition coefficient (Wildman–Crippen LogP) is 11.1. The molecule has 7 aromatic carbocycles. The van der Waals surface area contributed by atoms with E-state index in [9.17, 15) is 5.26 Å². The largest absolute Gasteiger partial charge is 0.309 e. The van der Waals surface area contributed by atoms with Gasteiger partial charge in [0.15, 0.2) is 0 Å². The van der Waals surface area contributed by atoms with Gasteiger partial charge >= 0.3 is 0 Å². The van der Waals surface area contributed by atoms with Crippen molar-refractivity contribution >= 4 is 43.6 Å². The summed E-state index contributed by atoms with van der Waals surface area (Å²) in [7, 11) is 0. The van der Waals surface area contributed by atoms with Crippen LogP contribution in [0.1, 0.15) is 5.56 Å². The monoisotopic (exact) mass is 585 g/mol. The van der Waals surface area contributed by atoms with Crippen molar-refractivity contribution < 1.29 is 0 Å². The average Bonchev–Trinajstić information content (AvgIpc) is 3.65. The van der Waals surface area contributed by atoms with E-state index in [1.807, 2.05) is 12.1 Å². The van der Waals surface area contributed by atoms with Crippen LogP contribution in [-0.4, -0.2) is 9.13 Å². The number of hydrogen-bond acceptors (Lipinski definition) is 1. The van der Waals surface area contributed by atoms with Gasteiger partial charge in [0.05, 0.1) is 33.7 Å². The Hall–Kier alpha value is -6.37. The molecule has 0 atom stereocenters. The molecule has 214 valence electrons. The van der Waals surface area contributed by atoms with Crippen LogP contribution in [-0.2, 0) is 0 Å². The zero-order valence-electron chi connectivity index (χ0n) is 24.9. The molecule has 46 heavy (non-hydrogen) atoms. The number of rotatable bonds is 4. The molecule has 0 saturated carbocycles. The van der Waals surface area contributed by atoms with Crippen molar-refractivity contribution in [1.82, 2.24) is 9.13 Å². The summed E-state index contributed by atoms with van der Waals surface area (Å²) in [4.78, 5) is 0. The minimum atomic E-state index is 0.644. The van der Waals surface area contributed by atoms with Crippen molar-refractivity contribution in [2.75, 3.05) is 0 Å². The van der Waals surface area contributed by atoms with E-state index in [0.717, 1.165) is 33.6 Å². The highest BCUT2D eigenvalue weighted by Gasteiger charge is 2.14. The van der Waals surface area contributed by atoms with Crippen molar-refractivity contribution in [3.63, 3.8) is 0 Å². The van der Waals surface area contributed by atoms with Gasteiger partial charge in [0.1, 0.15) is 0 Å². The molecule has 0 aliphatic heterocycles. The van der Waals surface area contributed by atoms with E-state index < -0.39 is 0 Å². The maximum absolute atomic E-state index is 9.96. The molecule has 3 nitrogen and oxygen atoms in total. The molecule has 0 saturated heterocycles. The number of nitriles is 1. The van der Waals surface area contributed by atoms with E-state index >= 15 is 0 Å². The first-order valence-electron chi connectivity index (χ1n) is 15.5. The van der Waals surface area contributed by atoms with Crippen LogP contribution in [0.4, 0.5) is 0 Å². The average molecular weight is 586 g/mol. The zero-order chi connectivity index (χ0) is 30.6. The summed E-state index contributed by atoms with van der Waals surface area (Å²) in [5.74, 6) is 0. The van der Waals surface area contributed by atoms with Crippen molar-refractivity contribution in [2.45, 2.75) is 0 Å². The first kappa shape index (κ1) is 26.1. The normalized spacial score (nSPS) is 11.5. The number of para-hydroxylation sites is 4. The van der Waals surface area contributed by atoms with Gasteiger partial charge in [-0.3, -0.25) is 0 Å². The van der Waals surface area contributed by atoms with Gasteiger partial charge in [0, 0.05) is 32.9 Å². The third-order valence-electron chi connectivity index (χ3n) is 9.14. The second-order valence-corrected chi connectivity index (χ2v) is 11.7. The molecule has 0 bridgehead atoms. The lowest BCUT2D eigenvalue weighted by Gasteiger charge is -2.12. The smallest absolute Gasteiger partial charge is 0.0992 e. The standard InChI is InChI=1S/C43H27N3/c44-28-29-25-32(30-17-21-34(22-18-30)45-40-13-5-1-9-36(40)37-10-2-6-14-41(37)45)27-33(26-29)31-19-23-35(24-20-31)46-42-15-7-3-11-38(42)39-12-4-8-16-43(39)46/h1-27H. The number of fused-ring (bicyclic) bond motifs is 6. The van der Waals surface area contributed by atoms with E-state index in [4.69, 9.17) is 0 Å². The van der Waals surface area contributed by atoms with Crippen LogP contribution in [0, 0.1) is 11.3 Å². The van der Waals surface area contributed by atoms with Crippen LogP contribution >= 0.6 is 0 Å². The lowest BCUT2D eigenvalue weighted by molar-refractivity contribution is 1.18. The summed E-state index contributed by atoms with van der Waals surface area (Å²) in [5.41, 5.74) is 11.8. The topological polar surface area (TPSA) is 33.6 Å². The van der Waals surface area contributed by atoms with Crippen LogP contribution in [0.5, 0.6) is 0 Å². The van der Waals surface area contributed by atoms with Crippen molar-refractivity contribution in [3.05, 3.63) is 169 Å². The second-order valence-electron chi connectivity index (χ2n) is 11.7. The molecule has 0 aliphatic carbocycles. The number of nitrogens with zero attached hydrogens (tertiary/aromatic N) is 3. The Kier molecular flexibility index (Phi) is 5.88.